The molecule has 0 bridgehead atoms. The van der Waals surface area contributed by atoms with Gasteiger partial charge in [0.15, 0.2) is 6.61 Å². The Labute approximate surface area is 193 Å². The lowest BCUT2D eigenvalue weighted by Gasteiger charge is -2.11. The number of rotatable bonds is 6. The summed E-state index contributed by atoms with van der Waals surface area (Å²) in [5, 5.41) is 5.42. The van der Waals surface area contributed by atoms with Crippen LogP contribution in [0.4, 0.5) is 20.6 Å². The molecule has 1 saturated heterocycles. The molecule has 0 atom stereocenters. The van der Waals surface area contributed by atoms with Crippen molar-refractivity contribution in [3.8, 4) is 5.75 Å². The predicted molar refractivity (Wildman–Crippen MR) is 122 cm³/mol. The number of urea groups is 1. The van der Waals surface area contributed by atoms with E-state index < -0.39 is 17.8 Å². The van der Waals surface area contributed by atoms with E-state index in [1.165, 1.54) is 18.2 Å². The summed E-state index contributed by atoms with van der Waals surface area (Å²) in [6.07, 6.45) is 1.46. The molecule has 0 unspecified atom stereocenters. The summed E-state index contributed by atoms with van der Waals surface area (Å²) in [6.45, 7) is -0.240. The number of carbonyl (C=O) groups excluding carboxylic acids is 3. The highest BCUT2D eigenvalue weighted by Crippen LogP contribution is 2.28. The Morgan fingerprint density at radius 2 is 1.79 bits per heavy atom. The molecule has 1 aliphatic rings. The van der Waals surface area contributed by atoms with E-state index in [2.05, 4.69) is 10.6 Å². The molecular weight excluding hydrogens is 449 g/mol. The van der Waals surface area contributed by atoms with E-state index >= 15 is 0 Å². The van der Waals surface area contributed by atoms with Gasteiger partial charge in [-0.3, -0.25) is 9.59 Å². The van der Waals surface area contributed by atoms with E-state index in [9.17, 15) is 18.8 Å². The fourth-order valence-electron chi connectivity index (χ4n) is 3.11. The van der Waals surface area contributed by atoms with Crippen molar-refractivity contribution in [3.05, 3.63) is 94.9 Å². The van der Waals surface area contributed by atoms with Gasteiger partial charge in [-0.2, -0.15) is 0 Å². The van der Waals surface area contributed by atoms with Crippen LogP contribution in [0.3, 0.4) is 0 Å². The van der Waals surface area contributed by atoms with Gasteiger partial charge in [0.1, 0.15) is 17.3 Å². The second-order valence-electron chi connectivity index (χ2n) is 7.00. The van der Waals surface area contributed by atoms with Gasteiger partial charge < -0.3 is 15.4 Å². The van der Waals surface area contributed by atoms with Crippen molar-refractivity contribution in [3.63, 3.8) is 0 Å². The summed E-state index contributed by atoms with van der Waals surface area (Å²) in [5.41, 5.74) is 1.47. The van der Waals surface area contributed by atoms with Gasteiger partial charge in [0.25, 0.3) is 11.8 Å². The van der Waals surface area contributed by atoms with Crippen molar-refractivity contribution in [2.45, 2.75) is 0 Å². The average molecular weight is 466 g/mol. The van der Waals surface area contributed by atoms with Crippen LogP contribution in [0.15, 0.2) is 78.5 Å². The van der Waals surface area contributed by atoms with E-state index in [1.54, 1.807) is 42.5 Å². The molecule has 2 N–H and O–H groups in total. The third-order valence-corrected chi connectivity index (χ3v) is 4.94. The van der Waals surface area contributed by atoms with Crippen LogP contribution in [0, 0.1) is 5.82 Å². The van der Waals surface area contributed by atoms with Crippen molar-refractivity contribution < 1.29 is 23.5 Å². The third kappa shape index (κ3) is 5.19. The van der Waals surface area contributed by atoms with Gasteiger partial charge in [-0.25, -0.2) is 14.1 Å². The Hall–Kier alpha value is -4.17. The number of amides is 4. The fourth-order valence-corrected chi connectivity index (χ4v) is 3.36. The SMILES string of the molecule is O=C(COc1ccc(C=C2NC(=O)N(c3ccc(F)cc3)C2=O)cc1Cl)Nc1ccccc1. The number of halogens is 2. The Kier molecular flexibility index (Phi) is 6.37. The van der Waals surface area contributed by atoms with Crippen molar-refractivity contribution in [1.29, 1.82) is 0 Å². The molecule has 1 fully saturated rings. The minimum absolute atomic E-state index is 0.0382. The topological polar surface area (TPSA) is 87.7 Å². The quantitative estimate of drug-likeness (QED) is 0.411. The number of ether oxygens (including phenoxy) is 1. The monoisotopic (exact) mass is 465 g/mol. The van der Waals surface area contributed by atoms with Crippen LogP contribution in [0.1, 0.15) is 5.56 Å². The third-order valence-electron chi connectivity index (χ3n) is 4.65. The molecule has 33 heavy (non-hydrogen) atoms. The Morgan fingerprint density at radius 3 is 2.48 bits per heavy atom. The first-order valence-electron chi connectivity index (χ1n) is 9.80. The van der Waals surface area contributed by atoms with E-state index in [0.717, 1.165) is 17.0 Å². The zero-order valence-electron chi connectivity index (χ0n) is 17.0. The number of imide groups is 1. The van der Waals surface area contributed by atoms with E-state index in [-0.39, 0.29) is 34.7 Å². The van der Waals surface area contributed by atoms with Crippen molar-refractivity contribution in [1.82, 2.24) is 5.32 Å². The molecule has 0 aliphatic carbocycles. The number of nitrogens with one attached hydrogen (secondary N) is 2. The maximum atomic E-state index is 13.1. The fraction of sp³-hybridized carbons (Fsp3) is 0.0417. The van der Waals surface area contributed by atoms with Crippen LogP contribution in [-0.4, -0.2) is 24.5 Å². The molecule has 166 valence electrons. The average Bonchev–Trinajstić information content (AvgIpc) is 3.07. The molecule has 9 heteroatoms. The first-order valence-corrected chi connectivity index (χ1v) is 10.2. The van der Waals surface area contributed by atoms with Crippen LogP contribution in [0.2, 0.25) is 5.02 Å². The van der Waals surface area contributed by atoms with E-state index in [0.29, 0.717) is 11.3 Å². The first-order chi connectivity index (χ1) is 15.9. The second-order valence-corrected chi connectivity index (χ2v) is 7.41. The molecule has 3 aromatic rings. The number of nitrogens with zero attached hydrogens (tertiary/aromatic N) is 1. The normalized spacial score (nSPS) is 14.4. The van der Waals surface area contributed by atoms with Gasteiger partial charge in [0, 0.05) is 5.69 Å². The van der Waals surface area contributed by atoms with E-state index in [4.69, 9.17) is 16.3 Å². The summed E-state index contributed by atoms with van der Waals surface area (Å²) in [6, 6.07) is 18.0. The number of anilines is 2. The Bertz CT molecular complexity index is 1250. The van der Waals surface area contributed by atoms with Crippen LogP contribution >= 0.6 is 11.6 Å². The molecule has 0 aromatic heterocycles. The summed E-state index contributed by atoms with van der Waals surface area (Å²) in [5.74, 6) is -1.11. The van der Waals surface area contributed by atoms with Crippen LogP contribution < -0.4 is 20.3 Å². The Morgan fingerprint density at radius 1 is 1.06 bits per heavy atom. The Balaban J connectivity index is 1.42. The van der Waals surface area contributed by atoms with Gasteiger partial charge >= 0.3 is 6.03 Å². The van der Waals surface area contributed by atoms with Gasteiger partial charge in [0.2, 0.25) is 0 Å². The second kappa shape index (κ2) is 9.54. The molecule has 0 spiro atoms. The van der Waals surface area contributed by atoms with Crippen LogP contribution in [0.5, 0.6) is 5.75 Å². The van der Waals surface area contributed by atoms with Gasteiger partial charge in [-0.1, -0.05) is 35.9 Å². The zero-order chi connectivity index (χ0) is 23.4. The lowest BCUT2D eigenvalue weighted by atomic mass is 10.1. The molecule has 4 amide bonds. The number of hydrogen-bond acceptors (Lipinski definition) is 4. The van der Waals surface area contributed by atoms with Crippen LogP contribution in [0.25, 0.3) is 6.08 Å². The number of para-hydroxylation sites is 1. The lowest BCUT2D eigenvalue weighted by Crippen LogP contribution is -2.30. The molecular formula is C24H17ClFN3O4. The summed E-state index contributed by atoms with van der Waals surface area (Å²) in [7, 11) is 0. The van der Waals surface area contributed by atoms with Gasteiger partial charge in [0.05, 0.1) is 10.7 Å². The molecule has 7 nitrogen and oxygen atoms in total. The maximum Gasteiger partial charge on any atom is 0.333 e. The molecule has 4 rings (SSSR count). The summed E-state index contributed by atoms with van der Waals surface area (Å²) >= 11 is 6.26. The molecule has 1 aliphatic heterocycles. The number of benzene rings is 3. The highest BCUT2D eigenvalue weighted by molar-refractivity contribution is 6.32. The minimum Gasteiger partial charge on any atom is -0.482 e. The highest BCUT2D eigenvalue weighted by Gasteiger charge is 2.34. The number of carbonyl (C=O) groups is 3. The molecule has 3 aromatic carbocycles. The van der Waals surface area contributed by atoms with Crippen LogP contribution in [-0.2, 0) is 9.59 Å². The first kappa shape index (κ1) is 22.0. The minimum atomic E-state index is -0.645. The summed E-state index contributed by atoms with van der Waals surface area (Å²) < 4.78 is 18.6. The largest absolute Gasteiger partial charge is 0.482 e. The smallest absolute Gasteiger partial charge is 0.333 e. The van der Waals surface area contributed by atoms with Gasteiger partial charge in [-0.05, 0) is 60.2 Å². The highest BCUT2D eigenvalue weighted by atomic mass is 35.5. The molecule has 0 radical (unpaired) electrons. The van der Waals surface area contributed by atoms with Crippen molar-refractivity contribution in [2.75, 3.05) is 16.8 Å². The molecule has 1 heterocycles. The zero-order valence-corrected chi connectivity index (χ0v) is 17.8. The number of hydrogen-bond donors (Lipinski definition) is 2. The van der Waals surface area contributed by atoms with Crippen molar-refractivity contribution in [2.24, 2.45) is 0 Å². The summed E-state index contributed by atoms with van der Waals surface area (Å²) in [4.78, 5) is 37.9. The standard InChI is InChI=1S/C24H17ClFN3O4/c25-19-12-15(6-11-21(19)33-14-22(30)27-17-4-2-1-3-5-17)13-20-23(31)29(24(32)28-20)18-9-7-16(26)8-10-18/h1-13H,14H2,(H,27,30)(H,28,32). The molecule has 0 saturated carbocycles. The maximum absolute atomic E-state index is 13.1. The predicted octanol–water partition coefficient (Wildman–Crippen LogP) is 4.59. The van der Waals surface area contributed by atoms with Gasteiger partial charge in [-0.15, -0.1) is 0 Å². The van der Waals surface area contributed by atoms with E-state index in [1.807, 2.05) is 6.07 Å². The van der Waals surface area contributed by atoms with Crippen molar-refractivity contribution >= 4 is 46.9 Å². The lowest BCUT2D eigenvalue weighted by molar-refractivity contribution is -0.118.